The van der Waals surface area contributed by atoms with E-state index in [9.17, 15) is 10.1 Å². The van der Waals surface area contributed by atoms with Crippen LogP contribution in [-0.2, 0) is 0 Å². The van der Waals surface area contributed by atoms with Gasteiger partial charge in [0, 0.05) is 17.7 Å². The molecule has 3 aromatic rings. The van der Waals surface area contributed by atoms with E-state index in [1.165, 1.54) is 23.9 Å². The van der Waals surface area contributed by atoms with E-state index in [0.29, 0.717) is 16.5 Å². The Bertz CT molecular complexity index is 941. The highest BCUT2D eigenvalue weighted by Gasteiger charge is 2.28. The van der Waals surface area contributed by atoms with E-state index in [1.807, 2.05) is 24.3 Å². The molecule has 0 bridgehead atoms. The van der Waals surface area contributed by atoms with Gasteiger partial charge in [-0.2, -0.15) is 0 Å². The molecule has 1 aliphatic heterocycles. The number of rotatable bonds is 4. The van der Waals surface area contributed by atoms with E-state index >= 15 is 0 Å². The molecule has 25 heavy (non-hydrogen) atoms. The fourth-order valence-corrected chi connectivity index (χ4v) is 3.57. The number of nitro benzene ring substituents is 1. The fourth-order valence-electron chi connectivity index (χ4n) is 2.58. The van der Waals surface area contributed by atoms with Gasteiger partial charge in [0.2, 0.25) is 5.16 Å². The summed E-state index contributed by atoms with van der Waals surface area (Å²) in [5, 5.41) is 20.0. The third-order valence-electron chi connectivity index (χ3n) is 3.84. The lowest BCUT2D eigenvalue weighted by Gasteiger charge is -2.12. The summed E-state index contributed by atoms with van der Waals surface area (Å²) in [7, 11) is 1.63. The number of hydrogen-bond donors (Lipinski definition) is 1. The number of benzene rings is 2. The Labute approximate surface area is 147 Å². The Morgan fingerprint density at radius 2 is 2.04 bits per heavy atom. The third-order valence-corrected chi connectivity index (χ3v) is 4.93. The maximum atomic E-state index is 11.0. The van der Waals surface area contributed by atoms with Crippen LogP contribution in [0.25, 0.3) is 11.4 Å². The van der Waals surface area contributed by atoms with Crippen LogP contribution in [0.5, 0.6) is 5.75 Å². The number of thioether (sulfide) groups is 1. The maximum absolute atomic E-state index is 11.0. The number of methoxy groups -OCH3 is 1. The Kier molecular flexibility index (Phi) is 3.77. The summed E-state index contributed by atoms with van der Waals surface area (Å²) in [5.41, 5.74) is 5.05. The molecule has 1 aliphatic rings. The minimum atomic E-state index is -0.424. The van der Waals surface area contributed by atoms with Crippen LogP contribution >= 0.6 is 11.8 Å². The van der Waals surface area contributed by atoms with Crippen LogP contribution < -0.4 is 10.2 Å². The van der Waals surface area contributed by atoms with Crippen LogP contribution in [0.15, 0.2) is 53.7 Å². The highest BCUT2D eigenvalue weighted by molar-refractivity contribution is 7.99. The zero-order valence-corrected chi connectivity index (χ0v) is 13.9. The van der Waals surface area contributed by atoms with Crippen molar-refractivity contribution in [3.05, 3.63) is 64.2 Å². The molecule has 0 spiro atoms. The van der Waals surface area contributed by atoms with Crippen molar-refractivity contribution in [2.24, 2.45) is 0 Å². The number of non-ortho nitro benzene ring substituents is 1. The normalized spacial score (nSPS) is 15.5. The van der Waals surface area contributed by atoms with Crippen molar-refractivity contribution < 1.29 is 9.66 Å². The number of hydrogen-bond acceptors (Lipinski definition) is 7. The first-order valence-corrected chi connectivity index (χ1v) is 8.31. The highest BCUT2D eigenvalue weighted by atomic mass is 32.2. The van der Waals surface area contributed by atoms with Gasteiger partial charge in [-0.15, -0.1) is 10.2 Å². The van der Waals surface area contributed by atoms with Crippen LogP contribution in [0.2, 0.25) is 0 Å². The average Bonchev–Trinajstić information content (AvgIpc) is 3.22. The summed E-state index contributed by atoms with van der Waals surface area (Å²) >= 11 is 1.53. The van der Waals surface area contributed by atoms with E-state index < -0.39 is 4.92 Å². The van der Waals surface area contributed by atoms with Crippen molar-refractivity contribution in [3.63, 3.8) is 0 Å². The summed E-state index contributed by atoms with van der Waals surface area (Å²) in [6.45, 7) is 0. The van der Waals surface area contributed by atoms with Crippen molar-refractivity contribution >= 4 is 17.4 Å². The van der Waals surface area contributed by atoms with Gasteiger partial charge < -0.3 is 10.2 Å². The Hall–Kier alpha value is -3.07. The summed E-state index contributed by atoms with van der Waals surface area (Å²) in [5.74, 6) is 1.34. The summed E-state index contributed by atoms with van der Waals surface area (Å²) < 4.78 is 6.94. The van der Waals surface area contributed by atoms with Crippen LogP contribution in [0.3, 0.4) is 0 Å². The molecule has 0 fully saturated rings. The van der Waals surface area contributed by atoms with E-state index in [-0.39, 0.29) is 11.1 Å². The third kappa shape index (κ3) is 2.78. The van der Waals surface area contributed by atoms with Gasteiger partial charge in [0.15, 0.2) is 5.82 Å². The molecule has 0 saturated carbocycles. The second kappa shape index (κ2) is 6.10. The molecule has 0 radical (unpaired) electrons. The number of nitrogens with one attached hydrogen (secondary N) is 1. The molecule has 9 heteroatoms. The van der Waals surface area contributed by atoms with Crippen LogP contribution in [-0.4, -0.2) is 26.9 Å². The zero-order chi connectivity index (χ0) is 17.4. The standard InChI is InChI=1S/C16H13N5O3S/c1-24-13-7-5-10(6-8-13)15-19-20-14(17-18-16(20)25-15)11-3-2-4-12(9-11)21(22)23/h2-9,15,19H,1H3/t15-/m1/s1. The Morgan fingerprint density at radius 3 is 2.76 bits per heavy atom. The molecule has 4 rings (SSSR count). The average molecular weight is 355 g/mol. The van der Waals surface area contributed by atoms with Crippen molar-refractivity contribution in [3.8, 4) is 17.1 Å². The number of fused-ring (bicyclic) bond motifs is 1. The molecule has 8 nitrogen and oxygen atoms in total. The van der Waals surface area contributed by atoms with Crippen molar-refractivity contribution in [1.29, 1.82) is 0 Å². The lowest BCUT2D eigenvalue weighted by Crippen LogP contribution is -2.13. The second-order valence-corrected chi connectivity index (χ2v) is 6.42. The zero-order valence-electron chi connectivity index (χ0n) is 13.1. The number of ether oxygens (including phenoxy) is 1. The monoisotopic (exact) mass is 355 g/mol. The molecule has 126 valence electrons. The Morgan fingerprint density at radius 1 is 1.24 bits per heavy atom. The quantitative estimate of drug-likeness (QED) is 0.567. The van der Waals surface area contributed by atoms with Crippen LogP contribution in [0, 0.1) is 10.1 Å². The van der Waals surface area contributed by atoms with Gasteiger partial charge in [-0.3, -0.25) is 10.1 Å². The SMILES string of the molecule is COc1ccc([C@@H]2Nn3c(nnc3-c3cccc([N+](=O)[O-])c3)S2)cc1. The molecule has 0 amide bonds. The van der Waals surface area contributed by atoms with Gasteiger partial charge in [0.05, 0.1) is 12.0 Å². The smallest absolute Gasteiger partial charge is 0.270 e. The molecule has 1 atom stereocenters. The maximum Gasteiger partial charge on any atom is 0.270 e. The molecule has 0 saturated heterocycles. The Balaban J connectivity index is 1.63. The van der Waals surface area contributed by atoms with E-state index in [0.717, 1.165) is 11.3 Å². The molecule has 2 aromatic carbocycles. The first kappa shape index (κ1) is 15.5. The molecule has 2 heterocycles. The molecule has 0 aliphatic carbocycles. The summed E-state index contributed by atoms with van der Waals surface area (Å²) in [6, 6.07) is 14.1. The van der Waals surface area contributed by atoms with E-state index in [2.05, 4.69) is 15.6 Å². The van der Waals surface area contributed by atoms with Gasteiger partial charge in [-0.1, -0.05) is 36.0 Å². The fraction of sp³-hybridized carbons (Fsp3) is 0.125. The predicted molar refractivity (Wildman–Crippen MR) is 93.1 cm³/mol. The second-order valence-electron chi connectivity index (χ2n) is 5.35. The van der Waals surface area contributed by atoms with Gasteiger partial charge in [0.1, 0.15) is 11.1 Å². The summed E-state index contributed by atoms with van der Waals surface area (Å²) in [4.78, 5) is 10.6. The van der Waals surface area contributed by atoms with Crippen LogP contribution in [0.1, 0.15) is 10.9 Å². The first-order chi connectivity index (χ1) is 12.2. The van der Waals surface area contributed by atoms with Gasteiger partial charge in [0.25, 0.3) is 5.69 Å². The van der Waals surface area contributed by atoms with Crippen molar-refractivity contribution in [1.82, 2.24) is 14.9 Å². The van der Waals surface area contributed by atoms with Crippen molar-refractivity contribution in [2.45, 2.75) is 10.5 Å². The molecule has 1 N–H and O–H groups in total. The van der Waals surface area contributed by atoms with Crippen LogP contribution in [0.4, 0.5) is 5.69 Å². The van der Waals surface area contributed by atoms with Gasteiger partial charge in [-0.25, -0.2) is 4.68 Å². The first-order valence-electron chi connectivity index (χ1n) is 7.43. The largest absolute Gasteiger partial charge is 0.497 e. The van der Waals surface area contributed by atoms with E-state index in [1.54, 1.807) is 23.9 Å². The van der Waals surface area contributed by atoms with Gasteiger partial charge >= 0.3 is 0 Å². The molecular weight excluding hydrogens is 342 g/mol. The molecular formula is C16H13N5O3S. The van der Waals surface area contributed by atoms with Crippen molar-refractivity contribution in [2.75, 3.05) is 12.5 Å². The predicted octanol–water partition coefficient (Wildman–Crippen LogP) is 3.21. The lowest BCUT2D eigenvalue weighted by atomic mass is 10.2. The highest BCUT2D eigenvalue weighted by Crippen LogP contribution is 2.40. The lowest BCUT2D eigenvalue weighted by molar-refractivity contribution is -0.384. The van der Waals surface area contributed by atoms with Gasteiger partial charge in [-0.05, 0) is 17.7 Å². The van der Waals surface area contributed by atoms with E-state index in [4.69, 9.17) is 4.74 Å². The molecule has 1 aromatic heterocycles. The summed E-state index contributed by atoms with van der Waals surface area (Å²) in [6.07, 6.45) is 0. The number of nitrogens with zero attached hydrogens (tertiary/aromatic N) is 4. The molecule has 0 unspecified atom stereocenters. The number of nitro groups is 1. The number of aromatic nitrogens is 3. The topological polar surface area (TPSA) is 95.1 Å². The minimum Gasteiger partial charge on any atom is -0.497 e. The minimum absolute atomic E-state index is 0.0196.